The van der Waals surface area contributed by atoms with Crippen LogP contribution in [0.3, 0.4) is 0 Å². The molecule has 3 aromatic rings. The number of fused-ring (bicyclic) bond motifs is 2. The molecule has 0 bridgehead atoms. The molecule has 2 aliphatic rings. The molecule has 0 aliphatic heterocycles. The van der Waals surface area contributed by atoms with E-state index < -0.39 is 0 Å². The topological polar surface area (TPSA) is 47.6 Å². The lowest BCUT2D eigenvalue weighted by Gasteiger charge is -2.22. The Kier molecular flexibility index (Phi) is 3.14. The molecule has 0 radical (unpaired) electrons. The molecule has 0 fully saturated rings. The van der Waals surface area contributed by atoms with Crippen LogP contribution in [-0.2, 0) is 19.3 Å². The van der Waals surface area contributed by atoms with E-state index >= 15 is 0 Å². The minimum Gasteiger partial charge on any atom is -0.304 e. The molecule has 1 spiro atoms. The van der Waals surface area contributed by atoms with Crippen LogP contribution in [0.25, 0.3) is 11.1 Å². The van der Waals surface area contributed by atoms with E-state index in [0.29, 0.717) is 5.56 Å². The van der Waals surface area contributed by atoms with E-state index in [1.54, 1.807) is 0 Å². The van der Waals surface area contributed by atoms with Crippen molar-refractivity contribution in [2.45, 2.75) is 19.3 Å². The Labute approximate surface area is 153 Å². The van der Waals surface area contributed by atoms with Crippen molar-refractivity contribution in [1.82, 2.24) is 0 Å². The number of hydrogen-bond acceptors (Lipinski definition) is 2. The zero-order chi connectivity index (χ0) is 17.7. The summed E-state index contributed by atoms with van der Waals surface area (Å²) in [5, 5.41) is 18.1. The minimum atomic E-state index is -0.0703. The van der Waals surface area contributed by atoms with E-state index in [9.17, 15) is 0 Å². The summed E-state index contributed by atoms with van der Waals surface area (Å²) >= 11 is 0. The Hall–Kier alpha value is -3.18. The van der Waals surface area contributed by atoms with E-state index in [4.69, 9.17) is 10.7 Å². The molecule has 2 heteroatoms. The first-order valence-electron chi connectivity index (χ1n) is 8.98. The van der Waals surface area contributed by atoms with Gasteiger partial charge < -0.3 is 5.41 Å². The maximum atomic E-state index is 9.15. The van der Waals surface area contributed by atoms with Gasteiger partial charge in [-0.2, -0.15) is 5.26 Å². The van der Waals surface area contributed by atoms with Crippen molar-refractivity contribution in [3.8, 4) is 17.2 Å². The van der Waals surface area contributed by atoms with Gasteiger partial charge in [0, 0.05) is 11.1 Å². The molecule has 1 N–H and O–H groups in total. The third-order valence-electron chi connectivity index (χ3n) is 5.94. The molecule has 3 aromatic carbocycles. The number of rotatable bonds is 1. The third kappa shape index (κ3) is 2.14. The zero-order valence-corrected chi connectivity index (χ0v) is 14.4. The van der Waals surface area contributed by atoms with Crippen LogP contribution in [0.2, 0.25) is 0 Å². The SMILES string of the molecule is N#Cc1cccc(-c2ccc3c(c2)C(=N)C2(Cc4ccccc4C2)C3)c1. The molecule has 26 heavy (non-hydrogen) atoms. The highest BCUT2D eigenvalue weighted by Crippen LogP contribution is 2.47. The quantitative estimate of drug-likeness (QED) is 0.673. The van der Waals surface area contributed by atoms with Gasteiger partial charge in [-0.15, -0.1) is 0 Å². The maximum Gasteiger partial charge on any atom is 0.0991 e. The largest absolute Gasteiger partial charge is 0.304 e. The van der Waals surface area contributed by atoms with Crippen LogP contribution in [0.5, 0.6) is 0 Å². The van der Waals surface area contributed by atoms with Crippen LogP contribution in [-0.4, -0.2) is 5.71 Å². The Morgan fingerprint density at radius 1 is 0.769 bits per heavy atom. The Morgan fingerprint density at radius 2 is 1.46 bits per heavy atom. The molecule has 0 aromatic heterocycles. The Morgan fingerprint density at radius 3 is 2.19 bits per heavy atom. The smallest absolute Gasteiger partial charge is 0.0991 e. The summed E-state index contributed by atoms with van der Waals surface area (Å²) in [5.74, 6) is 0. The van der Waals surface area contributed by atoms with E-state index in [0.717, 1.165) is 41.7 Å². The summed E-state index contributed by atoms with van der Waals surface area (Å²) in [6.45, 7) is 0. The van der Waals surface area contributed by atoms with E-state index in [1.807, 2.05) is 24.3 Å². The summed E-state index contributed by atoms with van der Waals surface area (Å²) in [5.41, 5.74) is 8.65. The van der Waals surface area contributed by atoms with Crippen molar-refractivity contribution < 1.29 is 0 Å². The number of nitriles is 1. The number of hydrogen-bond donors (Lipinski definition) is 1. The highest BCUT2D eigenvalue weighted by Gasteiger charge is 2.46. The van der Waals surface area contributed by atoms with Gasteiger partial charge in [-0.05, 0) is 70.8 Å². The lowest BCUT2D eigenvalue weighted by Crippen LogP contribution is -2.28. The van der Waals surface area contributed by atoms with Crippen LogP contribution in [0.15, 0.2) is 66.7 Å². The molecular weight excluding hydrogens is 316 g/mol. The molecule has 0 unspecified atom stereocenters. The molecule has 0 saturated heterocycles. The van der Waals surface area contributed by atoms with Crippen molar-refractivity contribution in [1.29, 1.82) is 10.7 Å². The highest BCUT2D eigenvalue weighted by molar-refractivity contribution is 6.08. The monoisotopic (exact) mass is 334 g/mol. The first kappa shape index (κ1) is 15.1. The fourth-order valence-corrected chi connectivity index (χ4v) is 4.65. The van der Waals surface area contributed by atoms with Crippen LogP contribution >= 0.6 is 0 Å². The second-order valence-corrected chi connectivity index (χ2v) is 7.52. The normalized spacial score (nSPS) is 16.3. The molecule has 0 amide bonds. The second-order valence-electron chi connectivity index (χ2n) is 7.52. The predicted octanol–water partition coefficient (Wildman–Crippen LogP) is 4.93. The number of benzene rings is 3. The number of nitrogens with one attached hydrogen (secondary N) is 1. The number of nitrogens with zero attached hydrogens (tertiary/aromatic N) is 1. The molecule has 0 atom stereocenters. The first-order chi connectivity index (χ1) is 12.7. The van der Waals surface area contributed by atoms with Crippen molar-refractivity contribution in [2.24, 2.45) is 5.41 Å². The molecule has 0 saturated carbocycles. The van der Waals surface area contributed by atoms with E-state index in [2.05, 4.69) is 48.5 Å². The van der Waals surface area contributed by atoms with Crippen molar-refractivity contribution in [3.63, 3.8) is 0 Å². The van der Waals surface area contributed by atoms with Gasteiger partial charge >= 0.3 is 0 Å². The van der Waals surface area contributed by atoms with Gasteiger partial charge in [0.05, 0.1) is 11.6 Å². The van der Waals surface area contributed by atoms with Crippen LogP contribution in [0.1, 0.15) is 27.8 Å². The molecule has 0 heterocycles. The maximum absolute atomic E-state index is 9.15. The Balaban J connectivity index is 1.54. The van der Waals surface area contributed by atoms with Gasteiger partial charge in [0.15, 0.2) is 0 Å². The Bertz CT molecular complexity index is 1080. The van der Waals surface area contributed by atoms with Crippen LogP contribution in [0.4, 0.5) is 0 Å². The molecule has 124 valence electrons. The summed E-state index contributed by atoms with van der Waals surface area (Å²) in [6.07, 6.45) is 2.89. The average molecular weight is 334 g/mol. The van der Waals surface area contributed by atoms with Gasteiger partial charge in [0.25, 0.3) is 0 Å². The summed E-state index contributed by atoms with van der Waals surface area (Å²) in [4.78, 5) is 0. The third-order valence-corrected chi connectivity index (χ3v) is 5.94. The summed E-state index contributed by atoms with van der Waals surface area (Å²) in [7, 11) is 0. The van der Waals surface area contributed by atoms with Gasteiger partial charge in [-0.1, -0.05) is 48.5 Å². The highest BCUT2D eigenvalue weighted by atomic mass is 14.6. The van der Waals surface area contributed by atoms with Crippen molar-refractivity contribution >= 4 is 5.71 Å². The minimum absolute atomic E-state index is 0.0703. The van der Waals surface area contributed by atoms with E-state index in [-0.39, 0.29) is 5.41 Å². The molecule has 2 aliphatic carbocycles. The fourth-order valence-electron chi connectivity index (χ4n) is 4.65. The van der Waals surface area contributed by atoms with E-state index in [1.165, 1.54) is 16.7 Å². The first-order valence-corrected chi connectivity index (χ1v) is 8.98. The fraction of sp³-hybridized carbons (Fsp3) is 0.167. The lowest BCUT2D eigenvalue weighted by atomic mass is 9.80. The predicted molar refractivity (Wildman–Crippen MR) is 103 cm³/mol. The lowest BCUT2D eigenvalue weighted by molar-refractivity contribution is 0.457. The standard InChI is InChI=1S/C24H18N2/c25-15-16-4-3-7-17(10-16)18-8-9-21-14-24(23(26)22(21)11-18)12-19-5-1-2-6-20(19)13-24/h1-11,26H,12-14H2. The van der Waals surface area contributed by atoms with Gasteiger partial charge in [0.2, 0.25) is 0 Å². The molecule has 5 rings (SSSR count). The van der Waals surface area contributed by atoms with Crippen LogP contribution in [0, 0.1) is 22.2 Å². The second kappa shape index (κ2) is 5.41. The van der Waals surface area contributed by atoms with Crippen LogP contribution < -0.4 is 0 Å². The molecule has 2 nitrogen and oxygen atoms in total. The summed E-state index contributed by atoms with van der Waals surface area (Å²) < 4.78 is 0. The van der Waals surface area contributed by atoms with Crippen molar-refractivity contribution in [2.75, 3.05) is 0 Å². The summed E-state index contributed by atoms with van der Waals surface area (Å²) in [6, 6.07) is 25.0. The average Bonchev–Trinajstić information content (AvgIpc) is 3.18. The zero-order valence-electron chi connectivity index (χ0n) is 14.4. The van der Waals surface area contributed by atoms with Gasteiger partial charge in [-0.3, -0.25) is 0 Å². The van der Waals surface area contributed by atoms with Gasteiger partial charge in [0.1, 0.15) is 0 Å². The molecular formula is C24H18N2. The van der Waals surface area contributed by atoms with Gasteiger partial charge in [-0.25, -0.2) is 0 Å². The van der Waals surface area contributed by atoms with Crippen molar-refractivity contribution in [3.05, 3.63) is 94.5 Å².